The Morgan fingerprint density at radius 2 is 1.54 bits per heavy atom. The predicted octanol–water partition coefficient (Wildman–Crippen LogP) is 7.53. The molecule has 0 heterocycles. The second-order valence-corrected chi connectivity index (χ2v) is 15.6. The standard InChI is InChI=1S/C32H53NO4/c1-19(2)20-11-16-32(26(34)35)18-17-30(6)21(25(20)32)9-10-23-29(5)14-13-24(37-27(36)33-8)28(3,4)22(29)12-15-31(23,30)7/h19-25H,9-18H2,1-8H3,(H,33,36)(H,34,35)/t20-,21+,22-,23+,24+,25+,29-,30+,31+,32-/m0/s1. The van der Waals surface area contributed by atoms with E-state index in [0.29, 0.717) is 35.5 Å². The van der Waals surface area contributed by atoms with Gasteiger partial charge in [-0.05, 0) is 116 Å². The van der Waals surface area contributed by atoms with E-state index in [0.717, 1.165) is 38.5 Å². The van der Waals surface area contributed by atoms with Gasteiger partial charge in [-0.3, -0.25) is 4.79 Å². The molecule has 5 saturated carbocycles. The summed E-state index contributed by atoms with van der Waals surface area (Å²) in [4.78, 5) is 25.0. The fraction of sp³-hybridized carbons (Fsp3) is 0.938. The molecule has 10 atom stereocenters. The number of carboxylic acid groups (broad SMARTS) is 1. The molecule has 5 heteroatoms. The van der Waals surface area contributed by atoms with Crippen LogP contribution in [0.3, 0.4) is 0 Å². The lowest BCUT2D eigenvalue weighted by molar-refractivity contribution is -0.249. The molecule has 5 fully saturated rings. The molecule has 5 nitrogen and oxygen atoms in total. The summed E-state index contributed by atoms with van der Waals surface area (Å²) in [5, 5.41) is 13.2. The van der Waals surface area contributed by atoms with Crippen molar-refractivity contribution in [2.24, 2.45) is 62.6 Å². The largest absolute Gasteiger partial charge is 0.481 e. The molecule has 210 valence electrons. The van der Waals surface area contributed by atoms with Gasteiger partial charge in [-0.1, -0.05) is 48.5 Å². The summed E-state index contributed by atoms with van der Waals surface area (Å²) in [5.41, 5.74) is 0.0745. The molecule has 0 aliphatic heterocycles. The van der Waals surface area contributed by atoms with E-state index in [2.05, 4.69) is 53.8 Å². The van der Waals surface area contributed by atoms with Gasteiger partial charge in [-0.15, -0.1) is 0 Å². The molecule has 5 rings (SSSR count). The van der Waals surface area contributed by atoms with Gasteiger partial charge in [0.1, 0.15) is 6.10 Å². The van der Waals surface area contributed by atoms with Gasteiger partial charge in [0, 0.05) is 12.5 Å². The third kappa shape index (κ3) is 3.46. The molecule has 0 unspecified atom stereocenters. The van der Waals surface area contributed by atoms with Gasteiger partial charge >= 0.3 is 12.1 Å². The Bertz CT molecular complexity index is 945. The van der Waals surface area contributed by atoms with Gasteiger partial charge in [0.25, 0.3) is 0 Å². The Kier molecular flexibility index (Phi) is 6.36. The Balaban J connectivity index is 1.50. The Hall–Kier alpha value is -1.26. The normalized spacial score (nSPS) is 50.3. The second kappa shape index (κ2) is 8.62. The molecular weight excluding hydrogens is 462 g/mol. The summed E-state index contributed by atoms with van der Waals surface area (Å²) in [7, 11) is 1.64. The summed E-state index contributed by atoms with van der Waals surface area (Å²) in [6.45, 7) is 17.1. The van der Waals surface area contributed by atoms with E-state index in [1.807, 2.05) is 0 Å². The zero-order valence-corrected chi connectivity index (χ0v) is 24.8. The van der Waals surface area contributed by atoms with Crippen LogP contribution in [0.4, 0.5) is 4.79 Å². The molecule has 0 aromatic carbocycles. The first-order valence-corrected chi connectivity index (χ1v) is 15.3. The third-order valence-corrected chi connectivity index (χ3v) is 14.2. The van der Waals surface area contributed by atoms with Gasteiger partial charge in [0.15, 0.2) is 0 Å². The first kappa shape index (κ1) is 27.3. The Morgan fingerprint density at radius 3 is 2.16 bits per heavy atom. The van der Waals surface area contributed by atoms with Gasteiger partial charge in [-0.2, -0.15) is 0 Å². The van der Waals surface area contributed by atoms with E-state index in [1.165, 1.54) is 25.7 Å². The molecule has 0 spiro atoms. The van der Waals surface area contributed by atoms with E-state index < -0.39 is 11.4 Å². The van der Waals surface area contributed by atoms with E-state index >= 15 is 0 Å². The number of hydrogen-bond donors (Lipinski definition) is 2. The van der Waals surface area contributed by atoms with E-state index in [9.17, 15) is 14.7 Å². The molecule has 0 saturated heterocycles. The van der Waals surface area contributed by atoms with Gasteiger partial charge in [0.2, 0.25) is 0 Å². The number of amides is 1. The van der Waals surface area contributed by atoms with Crippen LogP contribution in [0.5, 0.6) is 0 Å². The maximum Gasteiger partial charge on any atom is 0.407 e. The third-order valence-electron chi connectivity index (χ3n) is 14.2. The monoisotopic (exact) mass is 515 g/mol. The van der Waals surface area contributed by atoms with Crippen LogP contribution in [-0.4, -0.2) is 30.3 Å². The Labute approximate surface area is 225 Å². The van der Waals surface area contributed by atoms with Crippen molar-refractivity contribution in [3.8, 4) is 0 Å². The maximum atomic E-state index is 12.9. The van der Waals surface area contributed by atoms with E-state index in [-0.39, 0.29) is 33.9 Å². The zero-order chi connectivity index (χ0) is 27.2. The molecule has 0 aromatic heterocycles. The molecular formula is C32H53NO4. The minimum Gasteiger partial charge on any atom is -0.481 e. The first-order chi connectivity index (χ1) is 17.2. The highest BCUT2D eigenvalue weighted by Gasteiger charge is 2.72. The van der Waals surface area contributed by atoms with Crippen LogP contribution in [0, 0.1) is 62.6 Å². The van der Waals surface area contributed by atoms with Crippen LogP contribution >= 0.6 is 0 Å². The molecule has 0 radical (unpaired) electrons. The van der Waals surface area contributed by atoms with Crippen molar-refractivity contribution in [1.29, 1.82) is 0 Å². The van der Waals surface area contributed by atoms with E-state index in [1.54, 1.807) is 7.05 Å². The molecule has 5 aliphatic rings. The number of ether oxygens (including phenoxy) is 1. The molecule has 0 aromatic rings. The van der Waals surface area contributed by atoms with Crippen molar-refractivity contribution >= 4 is 12.1 Å². The molecule has 37 heavy (non-hydrogen) atoms. The average molecular weight is 516 g/mol. The van der Waals surface area contributed by atoms with Crippen molar-refractivity contribution in [3.63, 3.8) is 0 Å². The minimum absolute atomic E-state index is 0.0436. The predicted molar refractivity (Wildman–Crippen MR) is 146 cm³/mol. The van der Waals surface area contributed by atoms with Crippen molar-refractivity contribution in [1.82, 2.24) is 5.32 Å². The quantitative estimate of drug-likeness (QED) is 0.407. The van der Waals surface area contributed by atoms with Crippen molar-refractivity contribution in [2.45, 2.75) is 119 Å². The number of nitrogens with one attached hydrogen (secondary N) is 1. The van der Waals surface area contributed by atoms with E-state index in [4.69, 9.17) is 4.74 Å². The second-order valence-electron chi connectivity index (χ2n) is 15.6. The minimum atomic E-state index is -0.512. The van der Waals surface area contributed by atoms with Crippen LogP contribution in [0.15, 0.2) is 0 Å². The number of alkyl carbamates (subject to hydrolysis) is 1. The number of fused-ring (bicyclic) bond motifs is 7. The maximum absolute atomic E-state index is 12.9. The summed E-state index contributed by atoms with van der Waals surface area (Å²) in [6.07, 6.45) is 10.4. The lowest BCUT2D eigenvalue weighted by Gasteiger charge is -2.72. The van der Waals surface area contributed by atoms with Crippen LogP contribution < -0.4 is 5.32 Å². The van der Waals surface area contributed by atoms with Crippen LogP contribution in [0.1, 0.15) is 113 Å². The number of aliphatic carboxylic acids is 1. The molecule has 1 amide bonds. The Morgan fingerprint density at radius 1 is 0.838 bits per heavy atom. The number of carboxylic acids is 1. The zero-order valence-electron chi connectivity index (χ0n) is 24.8. The molecule has 2 N–H and O–H groups in total. The summed E-state index contributed by atoms with van der Waals surface area (Å²) < 4.78 is 5.93. The van der Waals surface area contributed by atoms with Crippen LogP contribution in [0.2, 0.25) is 0 Å². The first-order valence-electron chi connectivity index (χ1n) is 15.3. The fourth-order valence-corrected chi connectivity index (χ4v) is 12.1. The highest BCUT2D eigenvalue weighted by Crippen LogP contribution is 2.77. The lowest BCUT2D eigenvalue weighted by atomic mass is 9.32. The smallest absolute Gasteiger partial charge is 0.407 e. The summed E-state index contributed by atoms with van der Waals surface area (Å²) in [5.74, 6) is 2.55. The van der Waals surface area contributed by atoms with Crippen LogP contribution in [0.25, 0.3) is 0 Å². The highest BCUT2D eigenvalue weighted by molar-refractivity contribution is 5.76. The highest BCUT2D eigenvalue weighted by atomic mass is 16.6. The van der Waals surface area contributed by atoms with Gasteiger partial charge in [0.05, 0.1) is 5.41 Å². The average Bonchev–Trinajstić information content (AvgIpc) is 3.23. The SMILES string of the molecule is CNC(=O)O[C@@H]1CC[C@]2(C)[C@H]3CC[C@@H]4[C@H]5[C@H](C(C)C)CC[C@]5(C(=O)O)CC[C@@]4(C)[C@]3(C)CC[C@H]2C1(C)C. The number of carbonyl (C=O) groups excluding carboxylic acids is 1. The van der Waals surface area contributed by atoms with Crippen molar-refractivity contribution in [3.05, 3.63) is 0 Å². The van der Waals surface area contributed by atoms with Crippen molar-refractivity contribution in [2.75, 3.05) is 7.05 Å². The molecule has 5 aliphatic carbocycles. The topological polar surface area (TPSA) is 75.6 Å². The fourth-order valence-electron chi connectivity index (χ4n) is 12.1. The molecule has 0 bridgehead atoms. The van der Waals surface area contributed by atoms with Gasteiger partial charge < -0.3 is 15.2 Å². The number of rotatable bonds is 3. The lowest BCUT2D eigenvalue weighted by Crippen LogP contribution is -2.67. The number of hydrogen-bond acceptors (Lipinski definition) is 3. The van der Waals surface area contributed by atoms with Crippen molar-refractivity contribution < 1.29 is 19.4 Å². The number of carbonyl (C=O) groups is 2. The summed E-state index contributed by atoms with van der Waals surface area (Å²) in [6, 6.07) is 0. The van der Waals surface area contributed by atoms with Crippen LogP contribution in [-0.2, 0) is 9.53 Å². The van der Waals surface area contributed by atoms with Gasteiger partial charge in [-0.25, -0.2) is 4.79 Å². The summed E-state index contributed by atoms with van der Waals surface area (Å²) >= 11 is 0.